The largest absolute Gasteiger partial charge is 0.317 e. The van der Waals surface area contributed by atoms with E-state index in [0.29, 0.717) is 0 Å². The summed E-state index contributed by atoms with van der Waals surface area (Å²) in [5, 5.41) is 3.49. The maximum Gasteiger partial charge on any atom is 0.0117 e. The summed E-state index contributed by atoms with van der Waals surface area (Å²) in [6.07, 6.45) is 8.67. The van der Waals surface area contributed by atoms with E-state index in [2.05, 4.69) is 38.0 Å². The molecule has 0 bridgehead atoms. The lowest BCUT2D eigenvalue weighted by atomic mass is 9.80. The van der Waals surface area contributed by atoms with Crippen LogP contribution in [-0.4, -0.2) is 37.1 Å². The molecule has 5 unspecified atom stereocenters. The van der Waals surface area contributed by atoms with Gasteiger partial charge in [-0.05, 0) is 64.1 Å². The number of nitrogens with one attached hydrogen (secondary N) is 1. The highest BCUT2D eigenvalue weighted by Crippen LogP contribution is 2.32. The first kappa shape index (κ1) is 15.3. The highest BCUT2D eigenvalue weighted by atomic mass is 15.2. The Hall–Kier alpha value is -0.0800. The van der Waals surface area contributed by atoms with Gasteiger partial charge in [-0.15, -0.1) is 0 Å². The van der Waals surface area contributed by atoms with Crippen LogP contribution in [0.15, 0.2) is 0 Å². The van der Waals surface area contributed by atoms with Crippen molar-refractivity contribution in [3.8, 4) is 0 Å². The van der Waals surface area contributed by atoms with Crippen molar-refractivity contribution in [2.45, 2.75) is 71.4 Å². The van der Waals surface area contributed by atoms with Crippen LogP contribution >= 0.6 is 0 Å². The molecule has 0 amide bonds. The number of hydrogen-bond acceptors (Lipinski definition) is 2. The van der Waals surface area contributed by atoms with Crippen LogP contribution in [-0.2, 0) is 0 Å². The second-order valence-corrected chi connectivity index (χ2v) is 7.25. The van der Waals surface area contributed by atoms with Crippen molar-refractivity contribution >= 4 is 0 Å². The number of piperidine rings is 1. The molecule has 112 valence electrons. The first-order valence-electron chi connectivity index (χ1n) is 8.53. The standard InChI is InChI=1S/C17H34N2/c1-13-6-5-7-16(12-13)8-10-19-11-9-17(18-4)14(2)15(19)3/h13-18H,5-12H2,1-4H3. The van der Waals surface area contributed by atoms with Crippen LogP contribution in [0.25, 0.3) is 0 Å². The topological polar surface area (TPSA) is 15.3 Å². The van der Waals surface area contributed by atoms with Crippen molar-refractivity contribution in [3.05, 3.63) is 0 Å². The van der Waals surface area contributed by atoms with Gasteiger partial charge in [0, 0.05) is 12.1 Å². The number of rotatable bonds is 4. The molecule has 0 aromatic rings. The van der Waals surface area contributed by atoms with Gasteiger partial charge in [0.2, 0.25) is 0 Å². The molecule has 1 N–H and O–H groups in total. The summed E-state index contributed by atoms with van der Waals surface area (Å²) in [6, 6.07) is 1.47. The third-order valence-electron chi connectivity index (χ3n) is 5.94. The summed E-state index contributed by atoms with van der Waals surface area (Å²) >= 11 is 0. The second-order valence-electron chi connectivity index (χ2n) is 7.25. The molecule has 2 heteroatoms. The van der Waals surface area contributed by atoms with E-state index in [4.69, 9.17) is 0 Å². The maximum atomic E-state index is 3.49. The van der Waals surface area contributed by atoms with Gasteiger partial charge in [-0.25, -0.2) is 0 Å². The molecule has 1 aliphatic heterocycles. The normalized spacial score (nSPS) is 41.4. The van der Waals surface area contributed by atoms with Crippen molar-refractivity contribution in [1.29, 1.82) is 0 Å². The van der Waals surface area contributed by atoms with Crippen molar-refractivity contribution < 1.29 is 0 Å². The first-order chi connectivity index (χ1) is 9.11. The maximum absolute atomic E-state index is 3.49. The average Bonchev–Trinajstić information content (AvgIpc) is 2.41. The number of hydrogen-bond donors (Lipinski definition) is 1. The van der Waals surface area contributed by atoms with E-state index in [1.165, 1.54) is 51.6 Å². The predicted octanol–water partition coefficient (Wildman–Crippen LogP) is 3.52. The lowest BCUT2D eigenvalue weighted by Crippen LogP contribution is -2.52. The van der Waals surface area contributed by atoms with Crippen molar-refractivity contribution in [3.63, 3.8) is 0 Å². The molecule has 1 heterocycles. The average molecular weight is 266 g/mol. The molecule has 1 saturated heterocycles. The zero-order valence-corrected chi connectivity index (χ0v) is 13.5. The van der Waals surface area contributed by atoms with Gasteiger partial charge >= 0.3 is 0 Å². The SMILES string of the molecule is CNC1CCN(CCC2CCCC(C)C2)C(C)C1C. The second kappa shape index (κ2) is 7.08. The van der Waals surface area contributed by atoms with Crippen LogP contribution in [0, 0.1) is 17.8 Å². The Morgan fingerprint density at radius 3 is 2.58 bits per heavy atom. The van der Waals surface area contributed by atoms with E-state index >= 15 is 0 Å². The van der Waals surface area contributed by atoms with Gasteiger partial charge in [-0.1, -0.05) is 33.1 Å². The van der Waals surface area contributed by atoms with Crippen molar-refractivity contribution in [2.24, 2.45) is 17.8 Å². The van der Waals surface area contributed by atoms with Crippen molar-refractivity contribution in [1.82, 2.24) is 10.2 Å². The molecule has 2 rings (SSSR count). The minimum atomic E-state index is 0.723. The fourth-order valence-corrected chi connectivity index (χ4v) is 4.33. The zero-order valence-electron chi connectivity index (χ0n) is 13.5. The Morgan fingerprint density at radius 1 is 1.11 bits per heavy atom. The third-order valence-corrected chi connectivity index (χ3v) is 5.94. The third kappa shape index (κ3) is 3.95. The Labute approximate surface area is 120 Å². The van der Waals surface area contributed by atoms with Crippen molar-refractivity contribution in [2.75, 3.05) is 20.1 Å². The highest BCUT2D eigenvalue weighted by Gasteiger charge is 2.31. The molecular formula is C17H34N2. The molecule has 2 fully saturated rings. The van der Waals surface area contributed by atoms with Gasteiger partial charge in [0.1, 0.15) is 0 Å². The molecule has 0 spiro atoms. The van der Waals surface area contributed by atoms with E-state index in [9.17, 15) is 0 Å². The Balaban J connectivity index is 1.76. The van der Waals surface area contributed by atoms with Crippen LogP contribution in [0.5, 0.6) is 0 Å². The van der Waals surface area contributed by atoms with Crippen LogP contribution in [0.4, 0.5) is 0 Å². The molecule has 1 aliphatic carbocycles. The summed E-state index contributed by atoms with van der Waals surface area (Å²) < 4.78 is 0. The van der Waals surface area contributed by atoms with E-state index in [0.717, 1.165) is 29.8 Å². The summed E-state index contributed by atoms with van der Waals surface area (Å²) in [6.45, 7) is 9.91. The molecule has 5 atom stereocenters. The van der Waals surface area contributed by atoms with Gasteiger partial charge in [0.25, 0.3) is 0 Å². The van der Waals surface area contributed by atoms with Crippen LogP contribution in [0.1, 0.15) is 59.3 Å². The zero-order chi connectivity index (χ0) is 13.8. The predicted molar refractivity (Wildman–Crippen MR) is 83.4 cm³/mol. The quantitative estimate of drug-likeness (QED) is 0.837. The van der Waals surface area contributed by atoms with Gasteiger partial charge in [0.15, 0.2) is 0 Å². The van der Waals surface area contributed by atoms with Crippen LogP contribution in [0.2, 0.25) is 0 Å². The Kier molecular flexibility index (Phi) is 5.70. The van der Waals surface area contributed by atoms with E-state index in [1.54, 1.807) is 0 Å². The lowest BCUT2D eigenvalue weighted by Gasteiger charge is -2.43. The minimum absolute atomic E-state index is 0.723. The van der Waals surface area contributed by atoms with E-state index in [1.807, 2.05) is 0 Å². The summed E-state index contributed by atoms with van der Waals surface area (Å²) in [7, 11) is 2.12. The van der Waals surface area contributed by atoms with Crippen LogP contribution in [0.3, 0.4) is 0 Å². The molecule has 0 aromatic carbocycles. The summed E-state index contributed by atoms with van der Waals surface area (Å²) in [5.74, 6) is 2.77. The van der Waals surface area contributed by atoms with E-state index < -0.39 is 0 Å². The molecule has 0 aromatic heterocycles. The lowest BCUT2D eigenvalue weighted by molar-refractivity contribution is 0.0782. The smallest absolute Gasteiger partial charge is 0.0117 e. The number of likely N-dealkylation sites (tertiary alicyclic amines) is 1. The van der Waals surface area contributed by atoms with Gasteiger partial charge in [-0.2, -0.15) is 0 Å². The molecule has 2 aliphatic rings. The molecule has 2 nitrogen and oxygen atoms in total. The molecule has 0 radical (unpaired) electrons. The summed E-state index contributed by atoms with van der Waals surface area (Å²) in [5.41, 5.74) is 0. The van der Waals surface area contributed by atoms with Gasteiger partial charge in [-0.3, -0.25) is 0 Å². The van der Waals surface area contributed by atoms with Crippen LogP contribution < -0.4 is 5.32 Å². The Morgan fingerprint density at radius 2 is 1.89 bits per heavy atom. The monoisotopic (exact) mass is 266 g/mol. The molecular weight excluding hydrogens is 232 g/mol. The summed E-state index contributed by atoms with van der Waals surface area (Å²) in [4.78, 5) is 2.75. The van der Waals surface area contributed by atoms with Gasteiger partial charge in [0.05, 0.1) is 0 Å². The molecule has 19 heavy (non-hydrogen) atoms. The Bertz CT molecular complexity index is 266. The van der Waals surface area contributed by atoms with Gasteiger partial charge < -0.3 is 10.2 Å². The highest BCUT2D eigenvalue weighted by molar-refractivity contribution is 4.88. The number of nitrogens with zero attached hydrogens (tertiary/aromatic N) is 1. The fraction of sp³-hybridized carbons (Fsp3) is 1.00. The molecule has 1 saturated carbocycles. The fourth-order valence-electron chi connectivity index (χ4n) is 4.33. The first-order valence-corrected chi connectivity index (χ1v) is 8.53. The minimum Gasteiger partial charge on any atom is -0.317 e. The van der Waals surface area contributed by atoms with E-state index in [-0.39, 0.29) is 0 Å².